The Morgan fingerprint density at radius 1 is 0.929 bits per heavy atom. The molecule has 1 N–H and O–H groups in total. The Hall–Kier alpha value is -1.44. The van der Waals surface area contributed by atoms with Crippen molar-refractivity contribution in [3.63, 3.8) is 0 Å². The van der Waals surface area contributed by atoms with Crippen LogP contribution in [0.1, 0.15) is 25.5 Å². The van der Waals surface area contributed by atoms with Gasteiger partial charge in [-0.05, 0) is 32.2 Å². The van der Waals surface area contributed by atoms with E-state index in [2.05, 4.69) is 44.5 Å². The number of hydrogen-bond acceptors (Lipinski definition) is 7. The highest BCUT2D eigenvalue weighted by atomic mass is 16.3. The summed E-state index contributed by atoms with van der Waals surface area (Å²) in [5, 5.41) is 10.00. The second-order valence-electron chi connectivity index (χ2n) is 8.70. The van der Waals surface area contributed by atoms with E-state index in [4.69, 9.17) is 4.98 Å². The molecule has 3 aliphatic rings. The number of anilines is 2. The highest BCUT2D eigenvalue weighted by Gasteiger charge is 2.35. The highest BCUT2D eigenvalue weighted by molar-refractivity contribution is 5.47. The van der Waals surface area contributed by atoms with Gasteiger partial charge in [0.1, 0.15) is 5.82 Å². The van der Waals surface area contributed by atoms with Gasteiger partial charge in [-0.2, -0.15) is 4.98 Å². The molecule has 3 saturated heterocycles. The van der Waals surface area contributed by atoms with Gasteiger partial charge in [0.15, 0.2) is 0 Å². The topological polar surface area (TPSA) is 59.0 Å². The largest absolute Gasteiger partial charge is 0.396 e. The second kappa shape index (κ2) is 8.93. The third-order valence-corrected chi connectivity index (χ3v) is 6.76. The van der Waals surface area contributed by atoms with E-state index in [0.717, 1.165) is 69.8 Å². The van der Waals surface area contributed by atoms with Crippen LogP contribution in [-0.4, -0.2) is 96.9 Å². The van der Waals surface area contributed by atoms with E-state index in [9.17, 15) is 5.11 Å². The molecular weight excluding hydrogens is 352 g/mol. The zero-order valence-corrected chi connectivity index (χ0v) is 17.6. The third kappa shape index (κ3) is 4.42. The van der Waals surface area contributed by atoms with Crippen LogP contribution in [0.15, 0.2) is 6.07 Å². The van der Waals surface area contributed by atoms with Crippen LogP contribution in [0.25, 0.3) is 0 Å². The van der Waals surface area contributed by atoms with Gasteiger partial charge in [0.05, 0.1) is 0 Å². The molecule has 3 aliphatic heterocycles. The van der Waals surface area contributed by atoms with Gasteiger partial charge in [-0.1, -0.05) is 6.92 Å². The number of piperazine rings is 1. The quantitative estimate of drug-likeness (QED) is 0.782. The summed E-state index contributed by atoms with van der Waals surface area (Å²) in [5.41, 5.74) is 1.03. The van der Waals surface area contributed by atoms with Gasteiger partial charge < -0.3 is 24.7 Å². The van der Waals surface area contributed by atoms with Crippen molar-refractivity contribution >= 4 is 11.8 Å². The van der Waals surface area contributed by atoms with E-state index in [1.807, 2.05) is 0 Å². The van der Waals surface area contributed by atoms with Crippen LogP contribution in [0.3, 0.4) is 0 Å². The molecule has 3 fully saturated rings. The second-order valence-corrected chi connectivity index (χ2v) is 8.70. The molecule has 1 aromatic heterocycles. The van der Waals surface area contributed by atoms with E-state index in [0.29, 0.717) is 11.8 Å². The molecule has 7 heteroatoms. The monoisotopic (exact) mass is 388 g/mol. The van der Waals surface area contributed by atoms with Crippen LogP contribution in [-0.2, 0) is 0 Å². The normalized spacial score (nSPS) is 27.1. The van der Waals surface area contributed by atoms with Crippen molar-refractivity contribution in [2.45, 2.75) is 26.7 Å². The first-order valence-corrected chi connectivity index (χ1v) is 11.1. The lowest BCUT2D eigenvalue weighted by molar-refractivity contribution is 0.106. The molecule has 0 amide bonds. The standard InChI is InChI=1S/C21H36N6O/c1-3-24-8-10-25(11-9-24)13-18-14-27(15-19(18)16-28)20-12-17(2)22-21(23-20)26-6-4-5-7-26/h12,18-19,28H,3-11,13-16H2,1-2H3/t18-,19-/m0/s1. The van der Waals surface area contributed by atoms with Crippen LogP contribution in [0.5, 0.6) is 0 Å². The maximum absolute atomic E-state index is 10.00. The molecule has 0 spiro atoms. The lowest BCUT2D eigenvalue weighted by Gasteiger charge is -2.36. The van der Waals surface area contributed by atoms with Gasteiger partial charge in [-0.15, -0.1) is 0 Å². The maximum atomic E-state index is 10.00. The predicted octanol–water partition coefficient (Wildman–Crippen LogP) is 1.07. The summed E-state index contributed by atoms with van der Waals surface area (Å²) in [4.78, 5) is 19.4. The van der Waals surface area contributed by atoms with Crippen LogP contribution < -0.4 is 9.80 Å². The van der Waals surface area contributed by atoms with Crippen molar-refractivity contribution in [3.05, 3.63) is 11.8 Å². The fourth-order valence-corrected chi connectivity index (χ4v) is 4.92. The number of aliphatic hydroxyl groups is 1. The van der Waals surface area contributed by atoms with Crippen LogP contribution in [0, 0.1) is 18.8 Å². The molecule has 0 bridgehead atoms. The SMILES string of the molecule is CCN1CCN(C[C@H]2CN(c3cc(C)nc(N4CCCC4)n3)C[C@H]2CO)CC1. The molecule has 0 aromatic carbocycles. The fraction of sp³-hybridized carbons (Fsp3) is 0.810. The van der Waals surface area contributed by atoms with Crippen LogP contribution in [0.2, 0.25) is 0 Å². The van der Waals surface area contributed by atoms with Gasteiger partial charge in [-0.25, -0.2) is 4.98 Å². The van der Waals surface area contributed by atoms with Gasteiger partial charge >= 0.3 is 0 Å². The summed E-state index contributed by atoms with van der Waals surface area (Å²) in [6.07, 6.45) is 2.46. The molecule has 156 valence electrons. The molecule has 7 nitrogen and oxygen atoms in total. The number of aryl methyl sites for hydroxylation is 1. The smallest absolute Gasteiger partial charge is 0.227 e. The first-order chi connectivity index (χ1) is 13.7. The molecule has 2 atom stereocenters. The Kier molecular flexibility index (Phi) is 6.33. The number of likely N-dealkylation sites (N-methyl/N-ethyl adjacent to an activating group) is 1. The number of nitrogens with zero attached hydrogens (tertiary/aromatic N) is 6. The lowest BCUT2D eigenvalue weighted by atomic mass is 9.96. The minimum atomic E-state index is 0.263. The summed E-state index contributed by atoms with van der Waals surface area (Å²) in [7, 11) is 0. The minimum absolute atomic E-state index is 0.263. The third-order valence-electron chi connectivity index (χ3n) is 6.76. The summed E-state index contributed by atoms with van der Waals surface area (Å²) >= 11 is 0. The molecule has 0 radical (unpaired) electrons. The van der Waals surface area contributed by atoms with Crippen LogP contribution >= 0.6 is 0 Å². The van der Waals surface area contributed by atoms with E-state index >= 15 is 0 Å². The molecule has 1 aromatic rings. The van der Waals surface area contributed by atoms with Gasteiger partial charge in [0.25, 0.3) is 0 Å². The van der Waals surface area contributed by atoms with Crippen molar-refractivity contribution in [2.75, 3.05) is 81.9 Å². The van der Waals surface area contributed by atoms with Crippen molar-refractivity contribution in [1.29, 1.82) is 0 Å². The van der Waals surface area contributed by atoms with Crippen molar-refractivity contribution in [1.82, 2.24) is 19.8 Å². The number of rotatable bonds is 6. The first kappa shape index (κ1) is 19.9. The van der Waals surface area contributed by atoms with Gasteiger partial charge in [0.2, 0.25) is 5.95 Å². The van der Waals surface area contributed by atoms with E-state index in [-0.39, 0.29) is 6.61 Å². The molecule has 4 heterocycles. The van der Waals surface area contributed by atoms with E-state index in [1.54, 1.807) is 0 Å². The summed E-state index contributed by atoms with van der Waals surface area (Å²) in [6, 6.07) is 2.11. The average molecular weight is 389 g/mol. The van der Waals surface area contributed by atoms with E-state index < -0.39 is 0 Å². The molecule has 0 unspecified atom stereocenters. The Labute approximate surface area is 169 Å². The Morgan fingerprint density at radius 3 is 2.29 bits per heavy atom. The van der Waals surface area contributed by atoms with Crippen molar-refractivity contribution in [2.24, 2.45) is 11.8 Å². The summed E-state index contributed by atoms with van der Waals surface area (Å²) in [6.45, 7) is 15.4. The fourth-order valence-electron chi connectivity index (χ4n) is 4.92. The molecule has 4 rings (SSSR count). The van der Waals surface area contributed by atoms with Crippen molar-refractivity contribution in [3.8, 4) is 0 Å². The van der Waals surface area contributed by atoms with Crippen LogP contribution in [0.4, 0.5) is 11.8 Å². The lowest BCUT2D eigenvalue weighted by Crippen LogP contribution is -2.48. The highest BCUT2D eigenvalue weighted by Crippen LogP contribution is 2.30. The van der Waals surface area contributed by atoms with E-state index in [1.165, 1.54) is 25.9 Å². The van der Waals surface area contributed by atoms with Gasteiger partial charge in [0, 0.05) is 83.2 Å². The first-order valence-electron chi connectivity index (χ1n) is 11.1. The summed E-state index contributed by atoms with van der Waals surface area (Å²) < 4.78 is 0. The summed E-state index contributed by atoms with van der Waals surface area (Å²) in [5.74, 6) is 2.75. The molecule has 0 saturated carbocycles. The molecule has 0 aliphatic carbocycles. The predicted molar refractivity (Wildman–Crippen MR) is 113 cm³/mol. The zero-order valence-electron chi connectivity index (χ0n) is 17.6. The maximum Gasteiger partial charge on any atom is 0.227 e. The number of hydrogen-bond donors (Lipinski definition) is 1. The molecular formula is C21H36N6O. The van der Waals surface area contributed by atoms with Gasteiger partial charge in [-0.3, -0.25) is 0 Å². The van der Waals surface area contributed by atoms with Crippen molar-refractivity contribution < 1.29 is 5.11 Å². The molecule has 28 heavy (non-hydrogen) atoms. The Balaban J connectivity index is 1.42. The number of aromatic nitrogens is 2. The number of aliphatic hydroxyl groups excluding tert-OH is 1. The minimum Gasteiger partial charge on any atom is -0.396 e. The average Bonchev–Trinajstić information content (AvgIpc) is 3.38. The Bertz CT molecular complexity index is 642. The Morgan fingerprint density at radius 2 is 1.61 bits per heavy atom. The zero-order chi connectivity index (χ0) is 19.5.